The van der Waals surface area contributed by atoms with Gasteiger partial charge in [-0.25, -0.2) is 0 Å². The van der Waals surface area contributed by atoms with Gasteiger partial charge in [0.25, 0.3) is 0 Å². The summed E-state index contributed by atoms with van der Waals surface area (Å²) in [4.78, 5) is 0. The molecule has 64 valence electrons. The number of aliphatic hydroxyl groups excluding tert-OH is 2. The second kappa shape index (κ2) is 2.73. The first kappa shape index (κ1) is 7.53. The molecule has 0 aromatic carbocycles. The number of fused-ring (bicyclic) bond motifs is 1. The summed E-state index contributed by atoms with van der Waals surface area (Å²) < 4.78 is 5.42. The van der Waals surface area contributed by atoms with Crippen molar-refractivity contribution in [1.29, 1.82) is 0 Å². The molecule has 0 aromatic rings. The number of ether oxygens (including phenoxy) is 1. The minimum atomic E-state index is 0.159. The molecule has 1 saturated carbocycles. The molecule has 2 rings (SSSR count). The fourth-order valence-corrected chi connectivity index (χ4v) is 2.45. The molecule has 2 N–H and O–H groups in total. The molecule has 2 aliphatic rings. The zero-order valence-electron chi connectivity index (χ0n) is 6.44. The van der Waals surface area contributed by atoms with Crippen LogP contribution in [0.4, 0.5) is 0 Å². The lowest BCUT2D eigenvalue weighted by Gasteiger charge is -2.45. The Morgan fingerprint density at radius 1 is 1.18 bits per heavy atom. The molecular formula is C8H14O3. The smallest absolute Gasteiger partial charge is 0.0661 e. The molecule has 4 atom stereocenters. The average molecular weight is 158 g/mol. The molecule has 11 heavy (non-hydrogen) atoms. The Bertz CT molecular complexity index is 132. The summed E-state index contributed by atoms with van der Waals surface area (Å²) in [6, 6.07) is 0. The molecule has 1 saturated heterocycles. The zero-order valence-corrected chi connectivity index (χ0v) is 6.44. The summed E-state index contributed by atoms with van der Waals surface area (Å²) in [5.41, 5.74) is 0. The van der Waals surface area contributed by atoms with E-state index < -0.39 is 0 Å². The van der Waals surface area contributed by atoms with E-state index in [1.165, 1.54) is 0 Å². The highest BCUT2D eigenvalue weighted by Crippen LogP contribution is 2.47. The minimum Gasteiger partial charge on any atom is -0.396 e. The SMILES string of the molecule is OC[C@H]1[C@H]2CCO[C@H]2[C@H]1CO. The van der Waals surface area contributed by atoms with E-state index >= 15 is 0 Å². The first-order valence-corrected chi connectivity index (χ1v) is 4.21. The van der Waals surface area contributed by atoms with Crippen molar-refractivity contribution in [2.45, 2.75) is 12.5 Å². The highest BCUT2D eigenvalue weighted by Gasteiger charge is 2.52. The summed E-state index contributed by atoms with van der Waals surface area (Å²) in [6.45, 7) is 1.17. The molecule has 1 aliphatic heterocycles. The third-order valence-corrected chi connectivity index (χ3v) is 3.13. The number of rotatable bonds is 2. The molecule has 0 aromatic heterocycles. The Hall–Kier alpha value is -0.120. The molecule has 3 heteroatoms. The van der Waals surface area contributed by atoms with Gasteiger partial charge in [0.05, 0.1) is 6.10 Å². The Labute approximate surface area is 66.0 Å². The maximum absolute atomic E-state index is 8.97. The van der Waals surface area contributed by atoms with Gasteiger partial charge in [0, 0.05) is 25.7 Å². The van der Waals surface area contributed by atoms with Crippen LogP contribution in [0.15, 0.2) is 0 Å². The molecule has 0 amide bonds. The van der Waals surface area contributed by atoms with Gasteiger partial charge in [-0.05, 0) is 18.3 Å². The van der Waals surface area contributed by atoms with Gasteiger partial charge in [-0.15, -0.1) is 0 Å². The largest absolute Gasteiger partial charge is 0.396 e. The van der Waals surface area contributed by atoms with Gasteiger partial charge in [0.15, 0.2) is 0 Å². The molecule has 0 spiro atoms. The molecule has 0 unspecified atom stereocenters. The Morgan fingerprint density at radius 3 is 2.55 bits per heavy atom. The number of hydrogen-bond acceptors (Lipinski definition) is 3. The van der Waals surface area contributed by atoms with Crippen molar-refractivity contribution in [2.75, 3.05) is 19.8 Å². The standard InChI is InChI=1S/C8H14O3/c9-3-6-5-1-2-11-8(5)7(6)4-10/h5-10H,1-4H2/t5-,6+,7+,8-/m1/s1. The van der Waals surface area contributed by atoms with Crippen LogP contribution in [0.3, 0.4) is 0 Å². The molecule has 0 radical (unpaired) electrons. The highest BCUT2D eigenvalue weighted by molar-refractivity contribution is 5.00. The predicted octanol–water partition coefficient (Wildman–Crippen LogP) is -0.378. The Kier molecular flexibility index (Phi) is 1.87. The Balaban J connectivity index is 2.00. The van der Waals surface area contributed by atoms with Crippen LogP contribution in [0.2, 0.25) is 0 Å². The van der Waals surface area contributed by atoms with Crippen LogP contribution < -0.4 is 0 Å². The highest BCUT2D eigenvalue weighted by atomic mass is 16.5. The van der Waals surface area contributed by atoms with Crippen molar-refractivity contribution in [3.05, 3.63) is 0 Å². The van der Waals surface area contributed by atoms with E-state index in [-0.39, 0.29) is 25.2 Å². The van der Waals surface area contributed by atoms with Crippen molar-refractivity contribution in [1.82, 2.24) is 0 Å². The number of hydrogen-bond donors (Lipinski definition) is 2. The normalized spacial score (nSPS) is 48.5. The maximum atomic E-state index is 8.97. The average Bonchev–Trinajstić information content (AvgIpc) is 2.36. The number of aliphatic hydroxyl groups is 2. The van der Waals surface area contributed by atoms with Crippen LogP contribution in [0.1, 0.15) is 6.42 Å². The first-order valence-electron chi connectivity index (χ1n) is 4.21. The third kappa shape index (κ3) is 0.916. The van der Waals surface area contributed by atoms with E-state index in [1.807, 2.05) is 0 Å². The van der Waals surface area contributed by atoms with E-state index in [9.17, 15) is 0 Å². The van der Waals surface area contributed by atoms with Crippen molar-refractivity contribution in [3.8, 4) is 0 Å². The monoisotopic (exact) mass is 158 g/mol. The van der Waals surface area contributed by atoms with Gasteiger partial charge in [0.1, 0.15) is 0 Å². The van der Waals surface area contributed by atoms with Crippen LogP contribution in [0, 0.1) is 17.8 Å². The van der Waals surface area contributed by atoms with Crippen molar-refractivity contribution in [3.63, 3.8) is 0 Å². The lowest BCUT2D eigenvalue weighted by atomic mass is 9.63. The fraction of sp³-hybridized carbons (Fsp3) is 1.00. The zero-order chi connectivity index (χ0) is 7.84. The summed E-state index contributed by atoms with van der Waals surface area (Å²) in [5, 5.41) is 17.9. The third-order valence-electron chi connectivity index (χ3n) is 3.13. The Morgan fingerprint density at radius 2 is 1.91 bits per heavy atom. The van der Waals surface area contributed by atoms with E-state index in [0.717, 1.165) is 13.0 Å². The molecule has 3 nitrogen and oxygen atoms in total. The van der Waals surface area contributed by atoms with Gasteiger partial charge in [-0.3, -0.25) is 0 Å². The predicted molar refractivity (Wildman–Crippen MR) is 39.0 cm³/mol. The second-order valence-corrected chi connectivity index (χ2v) is 3.48. The second-order valence-electron chi connectivity index (χ2n) is 3.48. The van der Waals surface area contributed by atoms with Crippen LogP contribution in [-0.2, 0) is 4.74 Å². The van der Waals surface area contributed by atoms with Gasteiger partial charge < -0.3 is 14.9 Å². The molecule has 1 heterocycles. The quantitative estimate of drug-likeness (QED) is 0.576. The molecule has 1 aliphatic carbocycles. The fourth-order valence-electron chi connectivity index (χ4n) is 2.45. The topological polar surface area (TPSA) is 49.7 Å². The minimum absolute atomic E-state index is 0.159. The van der Waals surface area contributed by atoms with Crippen LogP contribution in [0.5, 0.6) is 0 Å². The summed E-state index contributed by atoms with van der Waals surface area (Å²) in [7, 11) is 0. The van der Waals surface area contributed by atoms with Gasteiger partial charge >= 0.3 is 0 Å². The lowest BCUT2D eigenvalue weighted by molar-refractivity contribution is -0.115. The lowest BCUT2D eigenvalue weighted by Crippen LogP contribution is -2.52. The van der Waals surface area contributed by atoms with Gasteiger partial charge in [-0.1, -0.05) is 0 Å². The first-order chi connectivity index (χ1) is 5.38. The maximum Gasteiger partial charge on any atom is 0.0661 e. The van der Waals surface area contributed by atoms with E-state index in [2.05, 4.69) is 0 Å². The van der Waals surface area contributed by atoms with Gasteiger partial charge in [0.2, 0.25) is 0 Å². The van der Waals surface area contributed by atoms with Crippen LogP contribution in [0.25, 0.3) is 0 Å². The van der Waals surface area contributed by atoms with Crippen molar-refractivity contribution < 1.29 is 14.9 Å². The molecular weight excluding hydrogens is 144 g/mol. The van der Waals surface area contributed by atoms with E-state index in [0.29, 0.717) is 11.8 Å². The van der Waals surface area contributed by atoms with E-state index in [4.69, 9.17) is 14.9 Å². The van der Waals surface area contributed by atoms with Crippen molar-refractivity contribution in [2.24, 2.45) is 17.8 Å². The van der Waals surface area contributed by atoms with Crippen LogP contribution >= 0.6 is 0 Å². The summed E-state index contributed by atoms with van der Waals surface area (Å²) in [5.74, 6) is 1.03. The van der Waals surface area contributed by atoms with Gasteiger partial charge in [-0.2, -0.15) is 0 Å². The van der Waals surface area contributed by atoms with Crippen molar-refractivity contribution >= 4 is 0 Å². The van der Waals surface area contributed by atoms with Crippen LogP contribution in [-0.4, -0.2) is 36.1 Å². The van der Waals surface area contributed by atoms with E-state index in [1.54, 1.807) is 0 Å². The molecule has 2 fully saturated rings. The molecule has 0 bridgehead atoms. The summed E-state index contributed by atoms with van der Waals surface area (Å²) in [6.07, 6.45) is 1.31. The summed E-state index contributed by atoms with van der Waals surface area (Å²) >= 11 is 0.